The van der Waals surface area contributed by atoms with E-state index < -0.39 is 5.54 Å². The van der Waals surface area contributed by atoms with Crippen molar-refractivity contribution in [2.75, 3.05) is 20.3 Å². The first-order valence-corrected chi connectivity index (χ1v) is 11.2. The van der Waals surface area contributed by atoms with Gasteiger partial charge in [0.2, 0.25) is 5.91 Å². The van der Waals surface area contributed by atoms with E-state index in [4.69, 9.17) is 4.74 Å². The van der Waals surface area contributed by atoms with Crippen LogP contribution in [-0.2, 0) is 16.1 Å². The minimum absolute atomic E-state index is 0.0547. The van der Waals surface area contributed by atoms with Gasteiger partial charge in [-0.2, -0.15) is 0 Å². The molecule has 1 aliphatic carbocycles. The van der Waals surface area contributed by atoms with Crippen LogP contribution in [0.15, 0.2) is 30.3 Å². The third-order valence-corrected chi connectivity index (χ3v) is 6.79. The van der Waals surface area contributed by atoms with E-state index in [1.54, 1.807) is 12.0 Å². The van der Waals surface area contributed by atoms with Crippen molar-refractivity contribution in [2.45, 2.75) is 70.0 Å². The van der Waals surface area contributed by atoms with Gasteiger partial charge in [0.15, 0.2) is 0 Å². The van der Waals surface area contributed by atoms with Gasteiger partial charge in [0.05, 0.1) is 13.2 Å². The lowest BCUT2D eigenvalue weighted by atomic mass is 9.92. The molecule has 1 saturated carbocycles. The molecule has 2 aliphatic rings. The Bertz CT molecular complexity index is 914. The van der Waals surface area contributed by atoms with Crippen molar-refractivity contribution in [3.63, 3.8) is 0 Å². The van der Waals surface area contributed by atoms with Crippen LogP contribution < -0.4 is 5.32 Å². The number of nitrogens with one attached hydrogen (secondary N) is 1. The maximum atomic E-state index is 13.6. The number of nitrogens with zero attached hydrogens (tertiary/aromatic N) is 2. The van der Waals surface area contributed by atoms with Crippen molar-refractivity contribution in [2.24, 2.45) is 0 Å². The van der Waals surface area contributed by atoms with E-state index in [9.17, 15) is 9.59 Å². The second-order valence-electron chi connectivity index (χ2n) is 8.91. The quantitative estimate of drug-likeness (QED) is 0.815. The third-order valence-electron chi connectivity index (χ3n) is 6.79. The number of fused-ring (bicyclic) bond motifs is 3. The van der Waals surface area contributed by atoms with E-state index in [0.717, 1.165) is 36.6 Å². The molecule has 0 spiro atoms. The zero-order chi connectivity index (χ0) is 21.1. The molecule has 6 nitrogen and oxygen atoms in total. The molecule has 1 N–H and O–H groups in total. The molecule has 1 fully saturated rings. The maximum Gasteiger partial charge on any atom is 0.271 e. The van der Waals surface area contributed by atoms with Crippen LogP contribution in [0.3, 0.4) is 0 Å². The Balaban J connectivity index is 1.65. The van der Waals surface area contributed by atoms with Crippen LogP contribution in [0.1, 0.15) is 62.4 Å². The van der Waals surface area contributed by atoms with Crippen LogP contribution in [0.5, 0.6) is 0 Å². The molecule has 2 aromatic rings. The predicted molar refractivity (Wildman–Crippen MR) is 118 cm³/mol. The second-order valence-corrected chi connectivity index (χ2v) is 8.91. The van der Waals surface area contributed by atoms with Gasteiger partial charge in [-0.05, 0) is 31.9 Å². The lowest BCUT2D eigenvalue weighted by molar-refractivity contribution is -0.134. The predicted octanol–water partition coefficient (Wildman–Crippen LogP) is 3.73. The number of carbonyl (C=O) groups is 2. The summed E-state index contributed by atoms with van der Waals surface area (Å²) in [5.41, 5.74) is 0.688. The summed E-state index contributed by atoms with van der Waals surface area (Å²) in [6.07, 6.45) is 8.11. The summed E-state index contributed by atoms with van der Waals surface area (Å²) in [5, 5.41) is 4.33. The molecule has 1 aromatic heterocycles. The molecule has 2 heterocycles. The first-order valence-electron chi connectivity index (χ1n) is 11.2. The summed E-state index contributed by atoms with van der Waals surface area (Å²) in [7, 11) is 1.62. The van der Waals surface area contributed by atoms with Crippen molar-refractivity contribution in [1.29, 1.82) is 0 Å². The van der Waals surface area contributed by atoms with Gasteiger partial charge in [-0.25, -0.2) is 0 Å². The number of amides is 2. The van der Waals surface area contributed by atoms with E-state index in [1.807, 2.05) is 41.8 Å². The van der Waals surface area contributed by atoms with Crippen molar-refractivity contribution < 1.29 is 14.3 Å². The van der Waals surface area contributed by atoms with Gasteiger partial charge in [0.25, 0.3) is 5.91 Å². The van der Waals surface area contributed by atoms with Crippen molar-refractivity contribution in [3.05, 3.63) is 36.0 Å². The smallest absolute Gasteiger partial charge is 0.271 e. The Labute approximate surface area is 178 Å². The van der Waals surface area contributed by atoms with Crippen LogP contribution in [0, 0.1) is 0 Å². The van der Waals surface area contributed by atoms with Gasteiger partial charge in [-0.15, -0.1) is 0 Å². The first-order chi connectivity index (χ1) is 14.5. The fraction of sp³-hybridized carbons (Fsp3) is 0.583. The summed E-state index contributed by atoms with van der Waals surface area (Å²) < 4.78 is 7.27. The zero-order valence-electron chi connectivity index (χ0n) is 18.2. The summed E-state index contributed by atoms with van der Waals surface area (Å²) in [5.74, 6) is -0.161. The topological polar surface area (TPSA) is 63.6 Å². The summed E-state index contributed by atoms with van der Waals surface area (Å²) in [4.78, 5) is 28.8. The van der Waals surface area contributed by atoms with Crippen molar-refractivity contribution >= 4 is 22.7 Å². The maximum absolute atomic E-state index is 13.6. The molecule has 4 rings (SSSR count). The monoisotopic (exact) mass is 411 g/mol. The Hall–Kier alpha value is -2.34. The van der Waals surface area contributed by atoms with E-state index in [2.05, 4.69) is 5.32 Å². The number of aromatic nitrogens is 1. The number of para-hydroxylation sites is 1. The highest BCUT2D eigenvalue weighted by Gasteiger charge is 2.47. The highest BCUT2D eigenvalue weighted by molar-refractivity contribution is 6.03. The summed E-state index contributed by atoms with van der Waals surface area (Å²) >= 11 is 0. The fourth-order valence-electron chi connectivity index (χ4n) is 4.98. The van der Waals surface area contributed by atoms with Gasteiger partial charge >= 0.3 is 0 Å². The van der Waals surface area contributed by atoms with E-state index in [-0.39, 0.29) is 17.9 Å². The molecule has 0 unspecified atom stereocenters. The van der Waals surface area contributed by atoms with Gasteiger partial charge in [-0.1, -0.05) is 50.3 Å². The number of hydrogen-bond acceptors (Lipinski definition) is 3. The lowest BCUT2D eigenvalue weighted by Gasteiger charge is -2.44. The number of ether oxygens (including phenoxy) is 1. The number of methoxy groups -OCH3 is 1. The number of benzene rings is 1. The zero-order valence-corrected chi connectivity index (χ0v) is 18.2. The molecule has 1 atom stereocenters. The average molecular weight is 412 g/mol. The van der Waals surface area contributed by atoms with E-state index in [0.29, 0.717) is 25.4 Å². The molecule has 1 aromatic carbocycles. The van der Waals surface area contributed by atoms with Crippen LogP contribution in [0.25, 0.3) is 10.9 Å². The van der Waals surface area contributed by atoms with Crippen molar-refractivity contribution in [3.8, 4) is 0 Å². The molecular weight excluding hydrogens is 378 g/mol. The molecule has 1 aliphatic heterocycles. The number of carbonyl (C=O) groups excluding carboxylic acids is 2. The van der Waals surface area contributed by atoms with Crippen LogP contribution >= 0.6 is 0 Å². The molecule has 6 heteroatoms. The molecule has 0 bridgehead atoms. The largest absolute Gasteiger partial charge is 0.383 e. The summed E-state index contributed by atoms with van der Waals surface area (Å²) in [6, 6.07) is 10.1. The molecule has 2 amide bonds. The summed E-state index contributed by atoms with van der Waals surface area (Å²) in [6.45, 7) is 3.14. The Morgan fingerprint density at radius 3 is 2.60 bits per heavy atom. The van der Waals surface area contributed by atoms with Gasteiger partial charge < -0.3 is 19.5 Å². The SMILES string of the molecule is COCCN1C(=O)c2cc3ccccc3n2C[C@]1(C)C(=O)NC1CCCCCCC1. The normalized spacial score (nSPS) is 23.1. The van der Waals surface area contributed by atoms with Crippen LogP contribution in [0.2, 0.25) is 0 Å². The third kappa shape index (κ3) is 3.85. The van der Waals surface area contributed by atoms with E-state index in [1.165, 1.54) is 19.3 Å². The molecule has 0 radical (unpaired) electrons. The number of rotatable bonds is 5. The standard InChI is InChI=1S/C24H33N3O3/c1-24(23(29)25-19-11-6-4-3-5-7-12-19)17-26-20-13-9-8-10-18(20)16-21(26)22(28)27(24)14-15-30-2/h8-10,13,16,19H,3-7,11-12,14-15,17H2,1-2H3,(H,25,29)/t24-/m1/s1. The minimum atomic E-state index is -0.952. The number of hydrogen-bond donors (Lipinski definition) is 1. The van der Waals surface area contributed by atoms with Crippen LogP contribution in [0.4, 0.5) is 0 Å². The highest BCUT2D eigenvalue weighted by atomic mass is 16.5. The molecule has 162 valence electrons. The molecule has 0 saturated heterocycles. The second kappa shape index (κ2) is 8.80. The van der Waals surface area contributed by atoms with Crippen LogP contribution in [-0.4, -0.2) is 53.1 Å². The average Bonchev–Trinajstić information content (AvgIpc) is 3.08. The first kappa shape index (κ1) is 20.9. The van der Waals surface area contributed by atoms with Gasteiger partial charge in [-0.3, -0.25) is 9.59 Å². The van der Waals surface area contributed by atoms with Gasteiger partial charge in [0.1, 0.15) is 11.2 Å². The Morgan fingerprint density at radius 1 is 1.17 bits per heavy atom. The van der Waals surface area contributed by atoms with Gasteiger partial charge in [0, 0.05) is 30.6 Å². The Morgan fingerprint density at radius 2 is 1.87 bits per heavy atom. The van der Waals surface area contributed by atoms with E-state index >= 15 is 0 Å². The highest BCUT2D eigenvalue weighted by Crippen LogP contribution is 2.32. The minimum Gasteiger partial charge on any atom is -0.383 e. The lowest BCUT2D eigenvalue weighted by Crippen LogP contribution is -2.65. The molecular formula is C24H33N3O3. The fourth-order valence-corrected chi connectivity index (χ4v) is 4.98. The Kier molecular flexibility index (Phi) is 6.14. The van der Waals surface area contributed by atoms with Crippen molar-refractivity contribution in [1.82, 2.24) is 14.8 Å². The molecule has 30 heavy (non-hydrogen) atoms.